The maximum absolute atomic E-state index is 12.6. The summed E-state index contributed by atoms with van der Waals surface area (Å²) >= 11 is 5.53. The Balaban J connectivity index is 2.01. The Bertz CT molecular complexity index is 726. The van der Waals surface area contributed by atoms with Crippen LogP contribution in [0, 0.1) is 0 Å². The molecule has 0 saturated carbocycles. The summed E-state index contributed by atoms with van der Waals surface area (Å²) in [6.45, 7) is 0. The minimum Gasteiger partial charge on any atom is -0.346 e. The van der Waals surface area contributed by atoms with Gasteiger partial charge >= 0.3 is 6.18 Å². The second-order valence-electron chi connectivity index (χ2n) is 4.97. The van der Waals surface area contributed by atoms with Gasteiger partial charge in [0, 0.05) is 18.0 Å². The molecule has 5 nitrogen and oxygen atoms in total. The summed E-state index contributed by atoms with van der Waals surface area (Å²) in [6.07, 6.45) is -2.42. The standard InChI is InChI=1S/C14H14ClF3N3O2P/c15-12-11(14(16,17)18)8-19-13(21-12)20-10-5-3-9(4-6-10)2-1-7-24(22)23/h3-6,8,24H,1-2,7H2,(H,22,23)(H,19,20,21). The van der Waals surface area contributed by atoms with Gasteiger partial charge in [-0.3, -0.25) is 4.57 Å². The van der Waals surface area contributed by atoms with E-state index in [0.29, 0.717) is 24.7 Å². The molecule has 24 heavy (non-hydrogen) atoms. The molecule has 0 bridgehead atoms. The molecule has 1 aromatic heterocycles. The molecule has 1 heterocycles. The third-order valence-corrected chi connectivity index (χ3v) is 4.18. The van der Waals surface area contributed by atoms with E-state index in [1.807, 2.05) is 12.1 Å². The van der Waals surface area contributed by atoms with Gasteiger partial charge in [-0.25, -0.2) is 9.97 Å². The highest BCUT2D eigenvalue weighted by atomic mass is 35.5. The van der Waals surface area contributed by atoms with Crippen LogP contribution >= 0.6 is 19.6 Å². The lowest BCUT2D eigenvalue weighted by Gasteiger charge is -2.10. The molecule has 1 aromatic carbocycles. The molecule has 0 spiro atoms. The van der Waals surface area contributed by atoms with E-state index < -0.39 is 24.9 Å². The largest absolute Gasteiger partial charge is 0.420 e. The van der Waals surface area contributed by atoms with Gasteiger partial charge in [-0.05, 0) is 30.5 Å². The predicted octanol–water partition coefficient (Wildman–Crippen LogP) is 4.29. The number of alkyl halides is 3. The lowest BCUT2D eigenvalue weighted by atomic mass is 10.1. The molecule has 0 amide bonds. The summed E-state index contributed by atoms with van der Waals surface area (Å²) in [6, 6.07) is 7.05. The number of nitrogens with zero attached hydrogens (tertiary/aromatic N) is 2. The first kappa shape index (κ1) is 18.7. The number of benzene rings is 1. The monoisotopic (exact) mass is 379 g/mol. The lowest BCUT2D eigenvalue weighted by molar-refractivity contribution is -0.137. The molecule has 0 aliphatic rings. The number of aryl methyl sites for hydroxylation is 1. The second-order valence-corrected chi connectivity index (χ2v) is 6.61. The highest BCUT2D eigenvalue weighted by molar-refractivity contribution is 7.37. The van der Waals surface area contributed by atoms with Crippen LogP contribution in [0.3, 0.4) is 0 Å². The SMILES string of the molecule is O=[PH](O)CCCc1ccc(Nc2ncc(C(F)(F)F)c(Cl)n2)cc1. The molecular formula is C14H14ClF3N3O2P. The number of anilines is 2. The molecule has 10 heteroatoms. The van der Waals surface area contributed by atoms with E-state index in [0.717, 1.165) is 5.56 Å². The van der Waals surface area contributed by atoms with Gasteiger partial charge in [-0.2, -0.15) is 13.2 Å². The van der Waals surface area contributed by atoms with Crippen molar-refractivity contribution in [3.05, 3.63) is 46.7 Å². The normalized spacial score (nSPS) is 12.9. The van der Waals surface area contributed by atoms with Crippen molar-refractivity contribution in [3.63, 3.8) is 0 Å². The van der Waals surface area contributed by atoms with Crippen molar-refractivity contribution < 1.29 is 22.6 Å². The van der Waals surface area contributed by atoms with E-state index in [1.54, 1.807) is 12.1 Å². The molecule has 0 fully saturated rings. The smallest absolute Gasteiger partial charge is 0.346 e. The van der Waals surface area contributed by atoms with Crippen molar-refractivity contribution in [1.82, 2.24) is 9.97 Å². The van der Waals surface area contributed by atoms with Gasteiger partial charge in [0.25, 0.3) is 0 Å². The van der Waals surface area contributed by atoms with Crippen LogP contribution in [0.5, 0.6) is 0 Å². The highest BCUT2D eigenvalue weighted by Crippen LogP contribution is 2.33. The zero-order chi connectivity index (χ0) is 17.7. The van der Waals surface area contributed by atoms with Crippen molar-refractivity contribution in [2.24, 2.45) is 0 Å². The van der Waals surface area contributed by atoms with E-state index in [4.69, 9.17) is 16.5 Å². The Morgan fingerprint density at radius 3 is 2.46 bits per heavy atom. The van der Waals surface area contributed by atoms with Gasteiger partial charge in [0.05, 0.1) is 0 Å². The summed E-state index contributed by atoms with van der Waals surface area (Å²) in [4.78, 5) is 16.0. The molecule has 0 aliphatic carbocycles. The zero-order valence-corrected chi connectivity index (χ0v) is 14.0. The van der Waals surface area contributed by atoms with Crippen LogP contribution in [0.4, 0.5) is 24.8 Å². The second kappa shape index (κ2) is 7.96. The van der Waals surface area contributed by atoms with Crippen LogP contribution in [0.2, 0.25) is 5.15 Å². The molecule has 2 rings (SSSR count). The van der Waals surface area contributed by atoms with Crippen molar-refractivity contribution in [3.8, 4) is 0 Å². The van der Waals surface area contributed by atoms with Gasteiger partial charge in [-0.15, -0.1) is 0 Å². The fourth-order valence-electron chi connectivity index (χ4n) is 1.94. The minimum absolute atomic E-state index is 0.0420. The summed E-state index contributed by atoms with van der Waals surface area (Å²) in [7, 11) is -2.44. The van der Waals surface area contributed by atoms with E-state index in [1.165, 1.54) is 0 Å². The first-order valence-electron chi connectivity index (χ1n) is 6.93. The van der Waals surface area contributed by atoms with Crippen LogP contribution in [-0.4, -0.2) is 21.0 Å². The Morgan fingerprint density at radius 1 is 1.25 bits per heavy atom. The third kappa shape index (κ3) is 5.47. The highest BCUT2D eigenvalue weighted by Gasteiger charge is 2.34. The van der Waals surface area contributed by atoms with E-state index in [2.05, 4.69) is 15.3 Å². The van der Waals surface area contributed by atoms with Gasteiger partial charge in [-0.1, -0.05) is 23.7 Å². The number of nitrogens with one attached hydrogen (secondary N) is 1. The molecular weight excluding hydrogens is 366 g/mol. The van der Waals surface area contributed by atoms with Crippen molar-refractivity contribution in [2.45, 2.75) is 19.0 Å². The van der Waals surface area contributed by atoms with E-state index in [-0.39, 0.29) is 12.1 Å². The van der Waals surface area contributed by atoms with Crippen molar-refractivity contribution >= 4 is 31.3 Å². The van der Waals surface area contributed by atoms with Crippen LogP contribution in [0.15, 0.2) is 30.5 Å². The fraction of sp³-hybridized carbons (Fsp3) is 0.286. The number of halogens is 4. The maximum Gasteiger partial charge on any atom is 0.420 e. The van der Waals surface area contributed by atoms with Crippen LogP contribution in [0.25, 0.3) is 0 Å². The predicted molar refractivity (Wildman–Crippen MR) is 86.2 cm³/mol. The summed E-state index contributed by atoms with van der Waals surface area (Å²) in [5.41, 5.74) is 0.480. The molecule has 2 aromatic rings. The summed E-state index contributed by atoms with van der Waals surface area (Å²) in [5.74, 6) is -0.0420. The number of rotatable bonds is 6. The average molecular weight is 380 g/mol. The van der Waals surface area contributed by atoms with E-state index >= 15 is 0 Å². The Labute approximate surface area is 141 Å². The van der Waals surface area contributed by atoms with E-state index in [9.17, 15) is 17.7 Å². The van der Waals surface area contributed by atoms with Gasteiger partial charge in [0.2, 0.25) is 5.95 Å². The first-order valence-corrected chi connectivity index (χ1v) is 8.87. The lowest BCUT2D eigenvalue weighted by Crippen LogP contribution is -2.09. The number of aromatic nitrogens is 2. The van der Waals surface area contributed by atoms with Gasteiger partial charge < -0.3 is 10.2 Å². The van der Waals surface area contributed by atoms with Crippen molar-refractivity contribution in [1.29, 1.82) is 0 Å². The van der Waals surface area contributed by atoms with Crippen LogP contribution in [0.1, 0.15) is 17.5 Å². The zero-order valence-electron chi connectivity index (χ0n) is 12.3. The number of hydrogen-bond donors (Lipinski definition) is 2. The quantitative estimate of drug-likeness (QED) is 0.578. The van der Waals surface area contributed by atoms with Crippen molar-refractivity contribution in [2.75, 3.05) is 11.5 Å². The molecule has 0 radical (unpaired) electrons. The molecule has 1 atom stereocenters. The first-order chi connectivity index (χ1) is 11.3. The summed E-state index contributed by atoms with van der Waals surface area (Å²) in [5, 5.41) is 2.10. The Hall–Kier alpha value is -1.63. The van der Waals surface area contributed by atoms with Crippen LogP contribution in [-0.2, 0) is 17.2 Å². The Morgan fingerprint density at radius 2 is 1.92 bits per heavy atom. The number of hydrogen-bond acceptors (Lipinski definition) is 4. The molecule has 0 aliphatic heterocycles. The molecule has 130 valence electrons. The average Bonchev–Trinajstić information content (AvgIpc) is 2.47. The maximum atomic E-state index is 12.6. The van der Waals surface area contributed by atoms with Gasteiger partial charge in [0.15, 0.2) is 8.03 Å². The Kier molecular flexibility index (Phi) is 6.21. The summed E-state index contributed by atoms with van der Waals surface area (Å²) < 4.78 is 48.4. The minimum atomic E-state index is -4.60. The molecule has 0 saturated heterocycles. The third-order valence-electron chi connectivity index (χ3n) is 3.11. The fourth-order valence-corrected chi connectivity index (χ4v) is 2.65. The van der Waals surface area contributed by atoms with Crippen LogP contribution < -0.4 is 5.32 Å². The van der Waals surface area contributed by atoms with Gasteiger partial charge in [0.1, 0.15) is 10.7 Å². The molecule has 2 N–H and O–H groups in total. The molecule has 1 unspecified atom stereocenters. The topological polar surface area (TPSA) is 75.1 Å².